The summed E-state index contributed by atoms with van der Waals surface area (Å²) in [5.41, 5.74) is 5.04. The number of aryl methyl sites for hydroxylation is 1. The number of carbonyl (C=O) groups excluding carboxylic acids is 1. The van der Waals surface area contributed by atoms with Crippen molar-refractivity contribution in [2.45, 2.75) is 51.2 Å². The lowest BCUT2D eigenvalue weighted by atomic mass is 9.91. The van der Waals surface area contributed by atoms with Crippen molar-refractivity contribution in [2.75, 3.05) is 7.11 Å². The van der Waals surface area contributed by atoms with E-state index in [9.17, 15) is 4.79 Å². The minimum Gasteiger partial charge on any atom is -0.453 e. The molecule has 1 fully saturated rings. The Morgan fingerprint density at radius 3 is 2.46 bits per heavy atom. The monoisotopic (exact) mass is 353 g/mol. The number of ether oxygens (including phenoxy) is 1. The number of methoxy groups -OCH3 is 1. The molecule has 138 valence electrons. The number of hydrogen-bond donors (Lipinski definition) is 2. The first kappa shape index (κ1) is 18.4. The van der Waals surface area contributed by atoms with E-state index in [4.69, 9.17) is 0 Å². The van der Waals surface area contributed by atoms with Crippen molar-refractivity contribution < 1.29 is 9.53 Å². The van der Waals surface area contributed by atoms with Crippen molar-refractivity contribution in [3.8, 4) is 11.1 Å². The van der Waals surface area contributed by atoms with Gasteiger partial charge in [0, 0.05) is 31.0 Å². The first-order chi connectivity index (χ1) is 12.7. The van der Waals surface area contributed by atoms with E-state index in [1.54, 1.807) is 0 Å². The zero-order chi connectivity index (χ0) is 18.4. The number of pyridine rings is 1. The molecule has 1 aromatic heterocycles. The van der Waals surface area contributed by atoms with Crippen molar-refractivity contribution in [3.05, 3.63) is 53.9 Å². The van der Waals surface area contributed by atoms with E-state index in [0.717, 1.165) is 32.2 Å². The highest BCUT2D eigenvalue weighted by atomic mass is 16.5. The standard InChI is InChI=1S/C21H27N3O2/c1-15-3-4-17(16-9-11-22-12-10-16)13-18(15)14-23-19-5-7-20(8-6-19)24-21(25)26-2/h3-4,9-13,19-20,23H,5-8,14H2,1-2H3,(H,24,25). The van der Waals surface area contributed by atoms with Crippen LogP contribution in [0.2, 0.25) is 0 Å². The van der Waals surface area contributed by atoms with Gasteiger partial charge in [-0.2, -0.15) is 0 Å². The Balaban J connectivity index is 1.55. The number of nitrogens with zero attached hydrogens (tertiary/aromatic N) is 1. The minimum atomic E-state index is -0.329. The number of benzene rings is 1. The van der Waals surface area contributed by atoms with Crippen LogP contribution < -0.4 is 10.6 Å². The average Bonchev–Trinajstić information content (AvgIpc) is 2.69. The number of carbonyl (C=O) groups is 1. The van der Waals surface area contributed by atoms with Gasteiger partial charge in [-0.15, -0.1) is 0 Å². The van der Waals surface area contributed by atoms with E-state index < -0.39 is 0 Å². The fourth-order valence-electron chi connectivity index (χ4n) is 3.51. The molecule has 2 aromatic rings. The van der Waals surface area contributed by atoms with Gasteiger partial charge in [-0.05, 0) is 73.1 Å². The third kappa shape index (κ3) is 4.82. The maximum absolute atomic E-state index is 11.3. The number of amides is 1. The van der Waals surface area contributed by atoms with Crippen LogP contribution in [0.4, 0.5) is 4.79 Å². The highest BCUT2D eigenvalue weighted by Crippen LogP contribution is 2.23. The van der Waals surface area contributed by atoms with Gasteiger partial charge in [0.1, 0.15) is 0 Å². The van der Waals surface area contributed by atoms with Gasteiger partial charge in [0.2, 0.25) is 0 Å². The lowest BCUT2D eigenvalue weighted by Crippen LogP contribution is -2.42. The fraction of sp³-hybridized carbons (Fsp3) is 0.429. The largest absolute Gasteiger partial charge is 0.453 e. The van der Waals surface area contributed by atoms with Gasteiger partial charge in [-0.1, -0.05) is 12.1 Å². The summed E-state index contributed by atoms with van der Waals surface area (Å²) in [5, 5.41) is 6.59. The molecular formula is C21H27N3O2. The molecule has 0 spiro atoms. The molecule has 1 heterocycles. The lowest BCUT2D eigenvalue weighted by Gasteiger charge is -2.29. The highest BCUT2D eigenvalue weighted by molar-refractivity contribution is 5.67. The molecule has 1 saturated carbocycles. The molecule has 1 aromatic carbocycles. The predicted molar refractivity (Wildman–Crippen MR) is 103 cm³/mol. The van der Waals surface area contributed by atoms with Gasteiger partial charge in [0.25, 0.3) is 0 Å². The Hall–Kier alpha value is -2.40. The number of alkyl carbamates (subject to hydrolysis) is 1. The molecule has 0 bridgehead atoms. The van der Waals surface area contributed by atoms with Crippen LogP contribution >= 0.6 is 0 Å². The third-order valence-corrected chi connectivity index (χ3v) is 5.18. The second kappa shape index (κ2) is 8.81. The smallest absolute Gasteiger partial charge is 0.407 e. The van der Waals surface area contributed by atoms with Crippen molar-refractivity contribution in [1.82, 2.24) is 15.6 Å². The third-order valence-electron chi connectivity index (χ3n) is 5.18. The van der Waals surface area contributed by atoms with Gasteiger partial charge >= 0.3 is 6.09 Å². The summed E-state index contributed by atoms with van der Waals surface area (Å²) >= 11 is 0. The molecule has 0 atom stereocenters. The van der Waals surface area contributed by atoms with Crippen LogP contribution in [0.1, 0.15) is 36.8 Å². The van der Waals surface area contributed by atoms with Gasteiger partial charge in [0.15, 0.2) is 0 Å². The summed E-state index contributed by atoms with van der Waals surface area (Å²) in [6, 6.07) is 11.4. The predicted octanol–water partition coefficient (Wildman–Crippen LogP) is 3.81. The van der Waals surface area contributed by atoms with Crippen LogP contribution in [0.25, 0.3) is 11.1 Å². The summed E-state index contributed by atoms with van der Waals surface area (Å²) in [5.74, 6) is 0. The number of aromatic nitrogens is 1. The summed E-state index contributed by atoms with van der Waals surface area (Å²) < 4.78 is 4.68. The van der Waals surface area contributed by atoms with E-state index >= 15 is 0 Å². The Labute approximate surface area is 155 Å². The van der Waals surface area contributed by atoms with E-state index in [-0.39, 0.29) is 12.1 Å². The van der Waals surface area contributed by atoms with E-state index in [1.807, 2.05) is 24.5 Å². The first-order valence-electron chi connectivity index (χ1n) is 9.23. The fourth-order valence-corrected chi connectivity index (χ4v) is 3.51. The highest BCUT2D eigenvalue weighted by Gasteiger charge is 2.22. The summed E-state index contributed by atoms with van der Waals surface area (Å²) in [4.78, 5) is 15.4. The Kier molecular flexibility index (Phi) is 6.23. The quantitative estimate of drug-likeness (QED) is 0.858. The molecule has 5 nitrogen and oxygen atoms in total. The van der Waals surface area contributed by atoms with Crippen LogP contribution in [-0.4, -0.2) is 30.3 Å². The van der Waals surface area contributed by atoms with Crippen LogP contribution in [0, 0.1) is 6.92 Å². The molecular weight excluding hydrogens is 326 g/mol. The summed E-state index contributed by atoms with van der Waals surface area (Å²) in [7, 11) is 1.41. The first-order valence-corrected chi connectivity index (χ1v) is 9.23. The summed E-state index contributed by atoms with van der Waals surface area (Å²) in [6.45, 7) is 3.02. The molecule has 0 unspecified atom stereocenters. The number of nitrogens with one attached hydrogen (secondary N) is 2. The number of rotatable bonds is 5. The number of hydrogen-bond acceptors (Lipinski definition) is 4. The normalized spacial score (nSPS) is 19.8. The van der Waals surface area contributed by atoms with E-state index in [0.29, 0.717) is 6.04 Å². The van der Waals surface area contributed by atoms with Crippen molar-refractivity contribution in [2.24, 2.45) is 0 Å². The lowest BCUT2D eigenvalue weighted by molar-refractivity contribution is 0.161. The molecule has 0 aliphatic heterocycles. The molecule has 26 heavy (non-hydrogen) atoms. The summed E-state index contributed by atoms with van der Waals surface area (Å²) in [6.07, 6.45) is 7.44. The minimum absolute atomic E-state index is 0.234. The second-order valence-corrected chi connectivity index (χ2v) is 6.94. The molecule has 1 amide bonds. The van der Waals surface area contributed by atoms with E-state index in [1.165, 1.54) is 29.4 Å². The van der Waals surface area contributed by atoms with E-state index in [2.05, 4.69) is 45.5 Å². The Morgan fingerprint density at radius 1 is 1.08 bits per heavy atom. The van der Waals surface area contributed by atoms with Crippen molar-refractivity contribution in [3.63, 3.8) is 0 Å². The van der Waals surface area contributed by atoms with Crippen LogP contribution in [-0.2, 0) is 11.3 Å². The second-order valence-electron chi connectivity index (χ2n) is 6.94. The van der Waals surface area contributed by atoms with Crippen LogP contribution in [0.3, 0.4) is 0 Å². The van der Waals surface area contributed by atoms with Gasteiger partial charge in [0.05, 0.1) is 7.11 Å². The molecule has 5 heteroatoms. The zero-order valence-electron chi connectivity index (χ0n) is 15.5. The van der Waals surface area contributed by atoms with Gasteiger partial charge in [-0.25, -0.2) is 4.79 Å². The average molecular weight is 353 g/mol. The van der Waals surface area contributed by atoms with Crippen molar-refractivity contribution in [1.29, 1.82) is 0 Å². The molecule has 0 saturated heterocycles. The molecule has 0 radical (unpaired) electrons. The molecule has 1 aliphatic rings. The molecule has 1 aliphatic carbocycles. The molecule has 3 rings (SSSR count). The zero-order valence-corrected chi connectivity index (χ0v) is 15.5. The maximum Gasteiger partial charge on any atom is 0.407 e. The SMILES string of the molecule is COC(=O)NC1CCC(NCc2cc(-c3ccncc3)ccc2C)CC1. The topological polar surface area (TPSA) is 63.2 Å². The Bertz CT molecular complexity index is 725. The van der Waals surface area contributed by atoms with Crippen LogP contribution in [0.15, 0.2) is 42.7 Å². The van der Waals surface area contributed by atoms with Crippen molar-refractivity contribution >= 4 is 6.09 Å². The van der Waals surface area contributed by atoms with Gasteiger partial charge < -0.3 is 15.4 Å². The van der Waals surface area contributed by atoms with Crippen LogP contribution in [0.5, 0.6) is 0 Å². The Morgan fingerprint density at radius 2 is 1.77 bits per heavy atom. The molecule has 2 N–H and O–H groups in total. The maximum atomic E-state index is 11.3. The van der Waals surface area contributed by atoms with Gasteiger partial charge in [-0.3, -0.25) is 4.98 Å².